The van der Waals surface area contributed by atoms with Gasteiger partial charge in [-0.3, -0.25) is 4.90 Å². The van der Waals surface area contributed by atoms with Crippen molar-refractivity contribution in [3.05, 3.63) is 23.7 Å². The molecule has 16 heavy (non-hydrogen) atoms. The molecule has 0 aliphatic carbocycles. The smallest absolute Gasteiger partial charge is 0.118 e. The van der Waals surface area contributed by atoms with Gasteiger partial charge in [0.1, 0.15) is 11.5 Å². The van der Waals surface area contributed by atoms with E-state index in [-0.39, 0.29) is 0 Å². The van der Waals surface area contributed by atoms with E-state index in [4.69, 9.17) is 4.42 Å². The van der Waals surface area contributed by atoms with E-state index in [0.29, 0.717) is 0 Å². The highest BCUT2D eigenvalue weighted by Crippen LogP contribution is 2.10. The minimum atomic E-state index is 0.763. The molecule has 0 unspecified atom stereocenters. The van der Waals surface area contributed by atoms with E-state index in [2.05, 4.69) is 37.2 Å². The molecule has 0 saturated heterocycles. The third-order valence-electron chi connectivity index (χ3n) is 2.58. The Hall–Kier alpha value is -0.800. The maximum absolute atomic E-state index is 5.70. The lowest BCUT2D eigenvalue weighted by Gasteiger charge is -2.16. The molecule has 3 heteroatoms. The predicted molar refractivity (Wildman–Crippen MR) is 67.3 cm³/mol. The van der Waals surface area contributed by atoms with Crippen molar-refractivity contribution in [2.45, 2.75) is 33.4 Å². The molecule has 1 heterocycles. The Kier molecular flexibility index (Phi) is 5.56. The molecule has 0 bridgehead atoms. The van der Waals surface area contributed by atoms with Crippen LogP contribution in [0.3, 0.4) is 0 Å². The van der Waals surface area contributed by atoms with Crippen molar-refractivity contribution in [2.75, 3.05) is 20.6 Å². The van der Waals surface area contributed by atoms with Crippen molar-refractivity contribution in [3.63, 3.8) is 0 Å². The summed E-state index contributed by atoms with van der Waals surface area (Å²) in [6, 6.07) is 4.11. The van der Waals surface area contributed by atoms with Crippen LogP contribution < -0.4 is 5.32 Å². The molecule has 0 amide bonds. The molecule has 0 aliphatic rings. The molecule has 0 radical (unpaired) electrons. The highest BCUT2D eigenvalue weighted by molar-refractivity contribution is 5.06. The van der Waals surface area contributed by atoms with Crippen molar-refractivity contribution in [2.24, 2.45) is 5.92 Å². The van der Waals surface area contributed by atoms with Crippen LogP contribution in [-0.2, 0) is 13.1 Å². The highest BCUT2D eigenvalue weighted by atomic mass is 16.3. The summed E-state index contributed by atoms with van der Waals surface area (Å²) in [5.41, 5.74) is 0. The number of nitrogens with zero attached hydrogens (tertiary/aromatic N) is 1. The first-order valence-electron chi connectivity index (χ1n) is 6.02. The normalized spacial score (nSPS) is 11.6. The first kappa shape index (κ1) is 13.3. The summed E-state index contributed by atoms with van der Waals surface area (Å²) >= 11 is 0. The van der Waals surface area contributed by atoms with Crippen molar-refractivity contribution >= 4 is 0 Å². The Morgan fingerprint density at radius 2 is 2.00 bits per heavy atom. The van der Waals surface area contributed by atoms with Crippen LogP contribution >= 0.6 is 0 Å². The van der Waals surface area contributed by atoms with Gasteiger partial charge in [0.15, 0.2) is 0 Å². The van der Waals surface area contributed by atoms with Crippen molar-refractivity contribution < 1.29 is 4.42 Å². The number of furan rings is 1. The maximum atomic E-state index is 5.70. The zero-order valence-corrected chi connectivity index (χ0v) is 10.9. The van der Waals surface area contributed by atoms with Gasteiger partial charge in [-0.1, -0.05) is 13.8 Å². The molecule has 0 aliphatic heterocycles. The van der Waals surface area contributed by atoms with Gasteiger partial charge in [-0.2, -0.15) is 0 Å². The molecule has 1 N–H and O–H groups in total. The van der Waals surface area contributed by atoms with Gasteiger partial charge in [0.25, 0.3) is 0 Å². The SMILES string of the molecule is CNCc1ccc(CN(C)CCC(C)C)o1. The van der Waals surface area contributed by atoms with E-state index in [1.165, 1.54) is 6.42 Å². The summed E-state index contributed by atoms with van der Waals surface area (Å²) in [5, 5.41) is 3.08. The maximum Gasteiger partial charge on any atom is 0.118 e. The molecule has 0 spiro atoms. The van der Waals surface area contributed by atoms with Crippen LogP contribution in [0.15, 0.2) is 16.5 Å². The van der Waals surface area contributed by atoms with E-state index >= 15 is 0 Å². The van der Waals surface area contributed by atoms with Gasteiger partial charge < -0.3 is 9.73 Å². The van der Waals surface area contributed by atoms with E-state index in [9.17, 15) is 0 Å². The Morgan fingerprint density at radius 1 is 1.31 bits per heavy atom. The molecule has 0 saturated carbocycles. The van der Waals surface area contributed by atoms with Crippen LogP contribution in [0.25, 0.3) is 0 Å². The average Bonchev–Trinajstić information content (AvgIpc) is 2.63. The monoisotopic (exact) mass is 224 g/mol. The van der Waals surface area contributed by atoms with E-state index in [1.54, 1.807) is 0 Å². The van der Waals surface area contributed by atoms with Gasteiger partial charge in [0.05, 0.1) is 13.1 Å². The van der Waals surface area contributed by atoms with Crippen LogP contribution in [0.4, 0.5) is 0 Å². The second-order valence-electron chi connectivity index (χ2n) is 4.82. The zero-order chi connectivity index (χ0) is 12.0. The number of hydrogen-bond acceptors (Lipinski definition) is 3. The summed E-state index contributed by atoms with van der Waals surface area (Å²) in [5.74, 6) is 2.82. The minimum Gasteiger partial charge on any atom is -0.463 e. The van der Waals surface area contributed by atoms with E-state index < -0.39 is 0 Å². The Labute approximate surface area is 98.8 Å². The molecule has 3 nitrogen and oxygen atoms in total. The molecular formula is C13H24N2O. The van der Waals surface area contributed by atoms with E-state index in [0.717, 1.165) is 37.1 Å². The molecular weight excluding hydrogens is 200 g/mol. The predicted octanol–water partition coefficient (Wildman–Crippen LogP) is 2.48. The third-order valence-corrected chi connectivity index (χ3v) is 2.58. The lowest BCUT2D eigenvalue weighted by molar-refractivity contribution is 0.274. The van der Waals surface area contributed by atoms with Gasteiger partial charge in [0.2, 0.25) is 0 Å². The molecule has 1 aromatic rings. The highest BCUT2D eigenvalue weighted by Gasteiger charge is 2.05. The second-order valence-corrected chi connectivity index (χ2v) is 4.82. The summed E-state index contributed by atoms with van der Waals surface area (Å²) in [7, 11) is 4.07. The van der Waals surface area contributed by atoms with Crippen molar-refractivity contribution in [1.82, 2.24) is 10.2 Å². The van der Waals surface area contributed by atoms with Crippen molar-refractivity contribution in [3.8, 4) is 0 Å². The lowest BCUT2D eigenvalue weighted by Crippen LogP contribution is -2.20. The van der Waals surface area contributed by atoms with Gasteiger partial charge in [-0.25, -0.2) is 0 Å². The molecule has 0 fully saturated rings. The molecule has 1 aromatic heterocycles. The van der Waals surface area contributed by atoms with Crippen LogP contribution in [0.5, 0.6) is 0 Å². The Balaban J connectivity index is 2.34. The van der Waals surface area contributed by atoms with E-state index in [1.807, 2.05) is 13.1 Å². The van der Waals surface area contributed by atoms with Gasteiger partial charge in [0, 0.05) is 0 Å². The van der Waals surface area contributed by atoms with Crippen LogP contribution in [0.1, 0.15) is 31.8 Å². The summed E-state index contributed by atoms with van der Waals surface area (Å²) < 4.78 is 5.70. The summed E-state index contributed by atoms with van der Waals surface area (Å²) in [6.07, 6.45) is 1.24. The summed E-state index contributed by atoms with van der Waals surface area (Å²) in [4.78, 5) is 2.31. The lowest BCUT2D eigenvalue weighted by atomic mass is 10.1. The fourth-order valence-electron chi connectivity index (χ4n) is 1.60. The van der Waals surface area contributed by atoms with Gasteiger partial charge in [-0.15, -0.1) is 0 Å². The van der Waals surface area contributed by atoms with Crippen LogP contribution in [0, 0.1) is 5.92 Å². The molecule has 0 aromatic carbocycles. The fraction of sp³-hybridized carbons (Fsp3) is 0.692. The second kappa shape index (κ2) is 6.71. The largest absolute Gasteiger partial charge is 0.463 e. The minimum absolute atomic E-state index is 0.763. The molecule has 1 rings (SSSR count). The van der Waals surface area contributed by atoms with Gasteiger partial charge in [-0.05, 0) is 45.1 Å². The first-order valence-corrected chi connectivity index (χ1v) is 6.02. The topological polar surface area (TPSA) is 28.4 Å². The third kappa shape index (κ3) is 4.81. The average molecular weight is 224 g/mol. The molecule has 0 atom stereocenters. The Morgan fingerprint density at radius 3 is 2.62 bits per heavy atom. The van der Waals surface area contributed by atoms with Crippen LogP contribution in [0.2, 0.25) is 0 Å². The summed E-state index contributed by atoms with van der Waals surface area (Å²) in [6.45, 7) is 7.34. The number of rotatable bonds is 7. The standard InChI is InChI=1S/C13H24N2O/c1-11(2)7-8-15(4)10-13-6-5-12(16-13)9-14-3/h5-6,11,14H,7-10H2,1-4H3. The zero-order valence-electron chi connectivity index (χ0n) is 10.9. The number of hydrogen-bond donors (Lipinski definition) is 1. The molecule has 92 valence electrons. The van der Waals surface area contributed by atoms with Crippen LogP contribution in [-0.4, -0.2) is 25.5 Å². The fourth-order valence-corrected chi connectivity index (χ4v) is 1.60. The van der Waals surface area contributed by atoms with Crippen molar-refractivity contribution in [1.29, 1.82) is 0 Å². The first-order chi connectivity index (χ1) is 7.61. The van der Waals surface area contributed by atoms with Gasteiger partial charge >= 0.3 is 0 Å². The quantitative estimate of drug-likeness (QED) is 0.771. The number of nitrogens with one attached hydrogen (secondary N) is 1. The Bertz CT molecular complexity index is 294.